The summed E-state index contributed by atoms with van der Waals surface area (Å²) in [5, 5.41) is 4.29. The van der Waals surface area contributed by atoms with Crippen LogP contribution in [0.25, 0.3) is 0 Å². The minimum Gasteiger partial charge on any atom is -0.365 e. The number of hydrogen-bond donors (Lipinski definition) is 1. The molecule has 2 unspecified atom stereocenters. The van der Waals surface area contributed by atoms with Crippen molar-refractivity contribution >= 4 is 17.6 Å². The maximum Gasteiger partial charge on any atom is 0.145 e. The normalized spacial score (nSPS) is 23.9. The van der Waals surface area contributed by atoms with Gasteiger partial charge >= 0.3 is 0 Å². The smallest absolute Gasteiger partial charge is 0.145 e. The van der Waals surface area contributed by atoms with Crippen LogP contribution in [-0.2, 0) is 0 Å². The molecule has 1 saturated carbocycles. The Hall–Kier alpha value is -0.770. The Morgan fingerprint density at radius 3 is 2.88 bits per heavy atom. The Balaban J connectivity index is 2.02. The zero-order valence-electron chi connectivity index (χ0n) is 10.9. The van der Waals surface area contributed by atoms with Crippen molar-refractivity contribution in [2.24, 2.45) is 0 Å². The molecule has 0 aromatic carbocycles. The van der Waals surface area contributed by atoms with Gasteiger partial charge in [-0.05, 0) is 32.4 Å². The summed E-state index contributed by atoms with van der Waals surface area (Å²) in [4.78, 5) is 8.91. The van der Waals surface area contributed by atoms with Crippen molar-refractivity contribution < 1.29 is 0 Å². The monoisotopic (exact) mass is 251 g/mol. The number of rotatable bonds is 4. The first-order valence-corrected chi connectivity index (χ1v) is 7.44. The molecule has 1 aliphatic carbocycles. The maximum atomic E-state index is 4.55. The Bertz CT molecular complexity index is 381. The van der Waals surface area contributed by atoms with Crippen LogP contribution >= 0.6 is 11.8 Å². The van der Waals surface area contributed by atoms with Gasteiger partial charge in [0, 0.05) is 11.3 Å². The van der Waals surface area contributed by atoms with Crippen LogP contribution in [0.1, 0.15) is 37.6 Å². The molecule has 2 atom stereocenters. The number of aromatic nitrogens is 2. The first-order chi connectivity index (χ1) is 8.20. The SMILES string of the molecule is CCSC1CCCC1Nc1cnc(C)c(C)n1. The molecule has 0 radical (unpaired) electrons. The molecular weight excluding hydrogens is 230 g/mol. The number of hydrogen-bond acceptors (Lipinski definition) is 4. The number of aryl methyl sites for hydroxylation is 2. The largest absolute Gasteiger partial charge is 0.365 e. The molecule has 0 bridgehead atoms. The van der Waals surface area contributed by atoms with Crippen molar-refractivity contribution in [2.75, 3.05) is 11.1 Å². The van der Waals surface area contributed by atoms with E-state index < -0.39 is 0 Å². The van der Waals surface area contributed by atoms with E-state index in [1.165, 1.54) is 25.0 Å². The van der Waals surface area contributed by atoms with E-state index in [-0.39, 0.29) is 0 Å². The van der Waals surface area contributed by atoms with Gasteiger partial charge in [0.05, 0.1) is 17.6 Å². The van der Waals surface area contributed by atoms with Crippen LogP contribution < -0.4 is 5.32 Å². The van der Waals surface area contributed by atoms with E-state index in [1.54, 1.807) is 0 Å². The van der Waals surface area contributed by atoms with Crippen molar-refractivity contribution in [1.82, 2.24) is 9.97 Å². The summed E-state index contributed by atoms with van der Waals surface area (Å²) in [6, 6.07) is 0.566. The third kappa shape index (κ3) is 3.12. The molecule has 2 rings (SSSR count). The van der Waals surface area contributed by atoms with Crippen LogP contribution in [-0.4, -0.2) is 27.0 Å². The third-order valence-corrected chi connectivity index (χ3v) is 4.68. The second-order valence-corrected chi connectivity index (χ2v) is 6.12. The minimum absolute atomic E-state index is 0.566. The van der Waals surface area contributed by atoms with E-state index >= 15 is 0 Å². The fourth-order valence-electron chi connectivity index (χ4n) is 2.31. The zero-order valence-corrected chi connectivity index (χ0v) is 11.7. The summed E-state index contributed by atoms with van der Waals surface area (Å²) >= 11 is 2.06. The molecular formula is C13H21N3S. The Morgan fingerprint density at radius 2 is 2.18 bits per heavy atom. The van der Waals surface area contributed by atoms with E-state index in [4.69, 9.17) is 0 Å². The lowest BCUT2D eigenvalue weighted by Crippen LogP contribution is -2.26. The average molecular weight is 251 g/mol. The van der Waals surface area contributed by atoms with Gasteiger partial charge in [-0.15, -0.1) is 0 Å². The highest BCUT2D eigenvalue weighted by Crippen LogP contribution is 2.31. The molecule has 94 valence electrons. The molecule has 17 heavy (non-hydrogen) atoms. The quantitative estimate of drug-likeness (QED) is 0.892. The molecule has 0 saturated heterocycles. The lowest BCUT2D eigenvalue weighted by molar-refractivity contribution is 0.759. The van der Waals surface area contributed by atoms with Crippen LogP contribution in [0, 0.1) is 13.8 Å². The number of thioether (sulfide) groups is 1. The molecule has 1 N–H and O–H groups in total. The molecule has 4 heteroatoms. The van der Waals surface area contributed by atoms with Crippen molar-refractivity contribution in [3.63, 3.8) is 0 Å². The van der Waals surface area contributed by atoms with Gasteiger partial charge in [-0.3, -0.25) is 4.98 Å². The lowest BCUT2D eigenvalue weighted by Gasteiger charge is -2.20. The molecule has 0 amide bonds. The molecule has 1 aliphatic rings. The highest BCUT2D eigenvalue weighted by Gasteiger charge is 2.27. The maximum absolute atomic E-state index is 4.55. The summed E-state index contributed by atoms with van der Waals surface area (Å²) < 4.78 is 0. The van der Waals surface area contributed by atoms with Gasteiger partial charge < -0.3 is 5.32 Å². The van der Waals surface area contributed by atoms with Crippen LogP contribution in [0.5, 0.6) is 0 Å². The Kier molecular flexibility index (Phi) is 4.26. The van der Waals surface area contributed by atoms with Gasteiger partial charge in [0.2, 0.25) is 0 Å². The van der Waals surface area contributed by atoms with E-state index in [0.29, 0.717) is 6.04 Å². The van der Waals surface area contributed by atoms with E-state index in [1.807, 2.05) is 20.0 Å². The fraction of sp³-hybridized carbons (Fsp3) is 0.692. The van der Waals surface area contributed by atoms with E-state index in [9.17, 15) is 0 Å². The highest BCUT2D eigenvalue weighted by atomic mass is 32.2. The van der Waals surface area contributed by atoms with Gasteiger partial charge in [0.1, 0.15) is 5.82 Å². The summed E-state index contributed by atoms with van der Waals surface area (Å²) in [5.41, 5.74) is 2.04. The summed E-state index contributed by atoms with van der Waals surface area (Å²) in [7, 11) is 0. The minimum atomic E-state index is 0.566. The summed E-state index contributed by atoms with van der Waals surface area (Å²) in [5.74, 6) is 2.13. The zero-order chi connectivity index (χ0) is 12.3. The van der Waals surface area contributed by atoms with E-state index in [0.717, 1.165) is 22.5 Å². The second kappa shape index (κ2) is 5.71. The molecule has 1 aromatic heterocycles. The molecule has 1 fully saturated rings. The Morgan fingerprint density at radius 1 is 1.35 bits per heavy atom. The topological polar surface area (TPSA) is 37.8 Å². The van der Waals surface area contributed by atoms with Gasteiger partial charge in [-0.25, -0.2) is 4.98 Å². The third-order valence-electron chi connectivity index (χ3n) is 3.36. The van der Waals surface area contributed by atoms with Gasteiger partial charge in [0.25, 0.3) is 0 Å². The fourth-order valence-corrected chi connectivity index (χ4v) is 3.50. The molecule has 0 spiro atoms. The van der Waals surface area contributed by atoms with Crippen LogP contribution in [0.2, 0.25) is 0 Å². The van der Waals surface area contributed by atoms with Crippen LogP contribution in [0.15, 0.2) is 6.20 Å². The molecule has 0 aliphatic heterocycles. The van der Waals surface area contributed by atoms with Crippen LogP contribution in [0.3, 0.4) is 0 Å². The molecule has 3 nitrogen and oxygen atoms in total. The lowest BCUT2D eigenvalue weighted by atomic mass is 10.2. The van der Waals surface area contributed by atoms with Crippen molar-refractivity contribution in [1.29, 1.82) is 0 Å². The predicted octanol–water partition coefficient (Wildman–Crippen LogP) is 3.18. The molecule has 1 heterocycles. The van der Waals surface area contributed by atoms with Crippen molar-refractivity contribution in [3.8, 4) is 0 Å². The predicted molar refractivity (Wildman–Crippen MR) is 74.7 cm³/mol. The van der Waals surface area contributed by atoms with Crippen molar-refractivity contribution in [3.05, 3.63) is 17.6 Å². The van der Waals surface area contributed by atoms with Gasteiger partial charge in [-0.1, -0.05) is 13.3 Å². The van der Waals surface area contributed by atoms with Gasteiger partial charge in [0.15, 0.2) is 0 Å². The number of anilines is 1. The highest BCUT2D eigenvalue weighted by molar-refractivity contribution is 7.99. The first-order valence-electron chi connectivity index (χ1n) is 6.39. The number of nitrogens with one attached hydrogen (secondary N) is 1. The first kappa shape index (κ1) is 12.7. The number of nitrogens with zero attached hydrogens (tertiary/aromatic N) is 2. The molecule has 1 aromatic rings. The Labute approximate surface area is 108 Å². The summed E-state index contributed by atoms with van der Waals surface area (Å²) in [6.07, 6.45) is 5.77. The average Bonchev–Trinajstić information content (AvgIpc) is 2.72. The summed E-state index contributed by atoms with van der Waals surface area (Å²) in [6.45, 7) is 6.24. The van der Waals surface area contributed by atoms with Gasteiger partial charge in [-0.2, -0.15) is 11.8 Å². The van der Waals surface area contributed by atoms with E-state index in [2.05, 4.69) is 34.0 Å². The standard InChI is InChI=1S/C13H21N3S/c1-4-17-12-7-5-6-11(12)16-13-8-14-9(2)10(3)15-13/h8,11-12H,4-7H2,1-3H3,(H,15,16). The van der Waals surface area contributed by atoms with Crippen LogP contribution in [0.4, 0.5) is 5.82 Å². The van der Waals surface area contributed by atoms with Crippen molar-refractivity contribution in [2.45, 2.75) is 51.3 Å². The second-order valence-electron chi connectivity index (χ2n) is 4.60.